The van der Waals surface area contributed by atoms with Gasteiger partial charge in [-0.15, -0.1) is 23.2 Å². The number of rotatable bonds is 1. The van der Waals surface area contributed by atoms with Crippen molar-refractivity contribution in [1.82, 2.24) is 0 Å². The van der Waals surface area contributed by atoms with Crippen molar-refractivity contribution >= 4 is 29.2 Å². The Morgan fingerprint density at radius 3 is 2.85 bits per heavy atom. The van der Waals surface area contributed by atoms with Gasteiger partial charge in [0.2, 0.25) is 0 Å². The van der Waals surface area contributed by atoms with Crippen molar-refractivity contribution in [3.05, 3.63) is 34.9 Å². The molecule has 1 heterocycles. The van der Waals surface area contributed by atoms with Crippen molar-refractivity contribution in [3.8, 4) is 0 Å². The van der Waals surface area contributed by atoms with Gasteiger partial charge in [0.25, 0.3) is 0 Å². The first kappa shape index (κ1) is 8.85. The molecular formula is C9H6Cl2O2. The molecule has 0 N–H and O–H groups in total. The van der Waals surface area contributed by atoms with Gasteiger partial charge < -0.3 is 4.74 Å². The topological polar surface area (TPSA) is 26.3 Å². The Balaban J connectivity index is 2.57. The second-order valence-corrected chi connectivity index (χ2v) is 3.85. The number of halogens is 2. The van der Waals surface area contributed by atoms with Crippen molar-refractivity contribution in [2.75, 3.05) is 0 Å². The van der Waals surface area contributed by atoms with Gasteiger partial charge in [-0.2, -0.15) is 0 Å². The number of carbonyl (C=O) groups excluding carboxylic acids is 1. The summed E-state index contributed by atoms with van der Waals surface area (Å²) in [6, 6.07) is 5.26. The van der Waals surface area contributed by atoms with E-state index in [2.05, 4.69) is 0 Å². The fourth-order valence-corrected chi connectivity index (χ4v) is 1.79. The van der Waals surface area contributed by atoms with E-state index in [1.54, 1.807) is 18.2 Å². The highest BCUT2D eigenvalue weighted by Crippen LogP contribution is 2.32. The largest absolute Gasteiger partial charge is 0.457 e. The molecule has 2 nitrogen and oxygen atoms in total. The van der Waals surface area contributed by atoms with Crippen LogP contribution in [0.1, 0.15) is 26.3 Å². The summed E-state index contributed by atoms with van der Waals surface area (Å²) < 4.78 is 4.86. The van der Waals surface area contributed by atoms with Crippen LogP contribution in [-0.2, 0) is 11.3 Å². The second kappa shape index (κ2) is 3.20. The summed E-state index contributed by atoms with van der Waals surface area (Å²) in [5.41, 5.74) is 2.14. The van der Waals surface area contributed by atoms with Crippen molar-refractivity contribution in [2.45, 2.75) is 11.4 Å². The van der Waals surface area contributed by atoms with E-state index in [-0.39, 0.29) is 12.6 Å². The third-order valence-electron chi connectivity index (χ3n) is 2.01. The van der Waals surface area contributed by atoms with E-state index in [0.29, 0.717) is 5.56 Å². The van der Waals surface area contributed by atoms with E-state index in [1.807, 2.05) is 0 Å². The summed E-state index contributed by atoms with van der Waals surface area (Å²) in [5, 5.41) is 0. The molecule has 0 aromatic heterocycles. The van der Waals surface area contributed by atoms with Gasteiger partial charge in [-0.1, -0.05) is 12.1 Å². The zero-order chi connectivity index (χ0) is 9.42. The lowest BCUT2D eigenvalue weighted by molar-refractivity contribution is 0.0535. The normalized spacial score (nSPS) is 14.5. The summed E-state index contributed by atoms with van der Waals surface area (Å²) in [5.74, 6) is -0.300. The van der Waals surface area contributed by atoms with Crippen molar-refractivity contribution < 1.29 is 9.53 Å². The van der Waals surface area contributed by atoms with Crippen LogP contribution in [0.15, 0.2) is 18.2 Å². The number of ether oxygens (including phenoxy) is 1. The number of fused-ring (bicyclic) bond motifs is 1. The fourth-order valence-electron chi connectivity index (χ4n) is 1.38. The molecule has 0 fully saturated rings. The monoisotopic (exact) mass is 216 g/mol. The highest BCUT2D eigenvalue weighted by atomic mass is 35.5. The summed E-state index contributed by atoms with van der Waals surface area (Å²) >= 11 is 11.5. The van der Waals surface area contributed by atoms with E-state index in [0.717, 1.165) is 11.1 Å². The molecular weight excluding hydrogens is 211 g/mol. The lowest BCUT2D eigenvalue weighted by Gasteiger charge is -2.05. The van der Waals surface area contributed by atoms with E-state index in [4.69, 9.17) is 27.9 Å². The summed E-state index contributed by atoms with van der Waals surface area (Å²) in [6.45, 7) is 0.278. The molecule has 0 aliphatic carbocycles. The predicted molar refractivity (Wildman–Crippen MR) is 50.0 cm³/mol. The van der Waals surface area contributed by atoms with Crippen LogP contribution >= 0.6 is 23.2 Å². The lowest BCUT2D eigenvalue weighted by atomic mass is 10.0. The maximum atomic E-state index is 11.1. The average molecular weight is 217 g/mol. The Kier molecular flexibility index (Phi) is 2.18. The summed E-state index contributed by atoms with van der Waals surface area (Å²) in [4.78, 5) is 10.5. The van der Waals surface area contributed by atoms with Gasteiger partial charge in [-0.3, -0.25) is 0 Å². The van der Waals surface area contributed by atoms with Crippen molar-refractivity contribution in [2.24, 2.45) is 0 Å². The number of esters is 1. The van der Waals surface area contributed by atoms with Crippen LogP contribution in [0.5, 0.6) is 0 Å². The first-order valence-corrected chi connectivity index (χ1v) is 4.64. The SMILES string of the molecule is O=C1OCc2c1cccc2C(Cl)Cl. The highest BCUT2D eigenvalue weighted by molar-refractivity contribution is 6.44. The molecule has 0 spiro atoms. The molecule has 1 aromatic rings. The van der Waals surface area contributed by atoms with Gasteiger partial charge in [0.15, 0.2) is 0 Å². The van der Waals surface area contributed by atoms with Gasteiger partial charge in [0.05, 0.1) is 5.56 Å². The van der Waals surface area contributed by atoms with Crippen LogP contribution in [0.2, 0.25) is 0 Å². The van der Waals surface area contributed by atoms with Gasteiger partial charge in [0, 0.05) is 5.56 Å². The zero-order valence-corrected chi connectivity index (χ0v) is 8.10. The lowest BCUT2D eigenvalue weighted by Crippen LogP contribution is -1.94. The molecule has 0 radical (unpaired) electrons. The maximum absolute atomic E-state index is 11.1. The first-order valence-electron chi connectivity index (χ1n) is 3.77. The minimum absolute atomic E-state index is 0.278. The van der Waals surface area contributed by atoms with Crippen LogP contribution in [0.4, 0.5) is 0 Å². The quantitative estimate of drug-likeness (QED) is 0.534. The third kappa shape index (κ3) is 1.40. The van der Waals surface area contributed by atoms with Crippen LogP contribution in [0.25, 0.3) is 0 Å². The molecule has 0 saturated heterocycles. The summed E-state index contributed by atoms with van der Waals surface area (Å²) in [6.07, 6.45) is 0. The number of carbonyl (C=O) groups is 1. The Morgan fingerprint density at radius 1 is 1.38 bits per heavy atom. The number of alkyl halides is 2. The standard InChI is InChI=1S/C9H6Cl2O2/c10-8(11)5-2-1-3-6-7(5)4-13-9(6)12/h1-3,8H,4H2. The van der Waals surface area contributed by atoms with Gasteiger partial charge >= 0.3 is 5.97 Å². The molecule has 1 aliphatic heterocycles. The van der Waals surface area contributed by atoms with Crippen LogP contribution < -0.4 is 0 Å². The minimum Gasteiger partial charge on any atom is -0.457 e. The molecule has 68 valence electrons. The van der Waals surface area contributed by atoms with Crippen LogP contribution in [0.3, 0.4) is 0 Å². The van der Waals surface area contributed by atoms with E-state index in [9.17, 15) is 4.79 Å². The zero-order valence-electron chi connectivity index (χ0n) is 6.59. The molecule has 0 atom stereocenters. The number of benzene rings is 1. The molecule has 2 rings (SSSR count). The molecule has 1 aromatic carbocycles. The van der Waals surface area contributed by atoms with E-state index < -0.39 is 4.84 Å². The Labute approximate surface area is 85.4 Å². The second-order valence-electron chi connectivity index (χ2n) is 2.75. The molecule has 0 saturated carbocycles. The van der Waals surface area contributed by atoms with E-state index in [1.165, 1.54) is 0 Å². The van der Waals surface area contributed by atoms with Crippen molar-refractivity contribution in [3.63, 3.8) is 0 Å². The number of hydrogen-bond donors (Lipinski definition) is 0. The Bertz CT molecular complexity index is 361. The Hall–Kier alpha value is -0.730. The molecule has 0 bridgehead atoms. The molecule has 0 amide bonds. The number of cyclic esters (lactones) is 1. The summed E-state index contributed by atoms with van der Waals surface area (Å²) in [7, 11) is 0. The van der Waals surface area contributed by atoms with Crippen LogP contribution in [-0.4, -0.2) is 5.97 Å². The molecule has 4 heteroatoms. The van der Waals surface area contributed by atoms with Crippen molar-refractivity contribution in [1.29, 1.82) is 0 Å². The number of hydrogen-bond acceptors (Lipinski definition) is 2. The average Bonchev–Trinajstić information content (AvgIpc) is 2.48. The Morgan fingerprint density at radius 2 is 2.15 bits per heavy atom. The maximum Gasteiger partial charge on any atom is 0.338 e. The minimum atomic E-state index is -0.607. The van der Waals surface area contributed by atoms with Gasteiger partial charge in [-0.05, 0) is 11.6 Å². The van der Waals surface area contributed by atoms with Gasteiger partial charge in [0.1, 0.15) is 11.4 Å². The molecule has 13 heavy (non-hydrogen) atoms. The smallest absolute Gasteiger partial charge is 0.338 e. The first-order chi connectivity index (χ1) is 6.20. The highest BCUT2D eigenvalue weighted by Gasteiger charge is 2.25. The van der Waals surface area contributed by atoms with Crippen LogP contribution in [0, 0.1) is 0 Å². The van der Waals surface area contributed by atoms with Gasteiger partial charge in [-0.25, -0.2) is 4.79 Å². The fraction of sp³-hybridized carbons (Fsp3) is 0.222. The third-order valence-corrected chi connectivity index (χ3v) is 2.49. The predicted octanol–water partition coefficient (Wildman–Crippen LogP) is 2.83. The van der Waals surface area contributed by atoms with E-state index >= 15 is 0 Å². The molecule has 0 unspecified atom stereocenters. The molecule has 1 aliphatic rings.